The summed E-state index contributed by atoms with van der Waals surface area (Å²) in [7, 11) is 0. The van der Waals surface area contributed by atoms with Gasteiger partial charge in [-0.2, -0.15) is 0 Å². The lowest BCUT2D eigenvalue weighted by atomic mass is 9.74. The van der Waals surface area contributed by atoms with E-state index in [0.29, 0.717) is 5.82 Å². The van der Waals surface area contributed by atoms with Crippen LogP contribution in [0.25, 0.3) is 0 Å². The molecule has 0 unspecified atom stereocenters. The topological polar surface area (TPSA) is 125 Å². The van der Waals surface area contributed by atoms with Crippen LogP contribution >= 0.6 is 11.8 Å². The molecule has 2 aliphatic rings. The molecular formula is C19H23N9S. The van der Waals surface area contributed by atoms with Gasteiger partial charge in [0.25, 0.3) is 0 Å². The van der Waals surface area contributed by atoms with E-state index < -0.39 is 0 Å². The predicted octanol–water partition coefficient (Wildman–Crippen LogP) is 1.81. The second kappa shape index (κ2) is 6.96. The van der Waals surface area contributed by atoms with Crippen LogP contribution < -0.4 is 16.4 Å². The molecule has 10 heteroatoms. The van der Waals surface area contributed by atoms with Gasteiger partial charge in [0, 0.05) is 35.2 Å². The molecule has 1 atom stereocenters. The van der Waals surface area contributed by atoms with Crippen LogP contribution in [0.1, 0.15) is 30.1 Å². The maximum Gasteiger partial charge on any atom is 0.147 e. The first-order valence-corrected chi connectivity index (χ1v) is 10.5. The molecule has 1 saturated heterocycles. The van der Waals surface area contributed by atoms with Gasteiger partial charge in [-0.15, -0.1) is 5.10 Å². The van der Waals surface area contributed by atoms with Crippen molar-refractivity contribution in [1.82, 2.24) is 29.9 Å². The molecule has 0 amide bonds. The Bertz CT molecular complexity index is 1020. The summed E-state index contributed by atoms with van der Waals surface area (Å²) in [6.45, 7) is 4.64. The van der Waals surface area contributed by atoms with Gasteiger partial charge < -0.3 is 16.4 Å². The number of aromatic nitrogens is 6. The van der Waals surface area contributed by atoms with Crippen molar-refractivity contribution >= 4 is 23.4 Å². The molecule has 1 fully saturated rings. The SMILES string of the molecule is Cc1c(Sc2cnc(N3CCC4(CC3)Cn3nncc3[C@H]4N)cn2)ccnc1N. The van der Waals surface area contributed by atoms with Crippen molar-refractivity contribution in [1.29, 1.82) is 0 Å². The van der Waals surface area contributed by atoms with Gasteiger partial charge in [-0.3, -0.25) is 0 Å². The molecule has 1 spiro atoms. The fraction of sp³-hybridized carbons (Fsp3) is 0.421. The number of nitrogens with two attached hydrogens (primary N) is 2. The molecule has 0 aromatic carbocycles. The first-order valence-electron chi connectivity index (χ1n) is 9.66. The van der Waals surface area contributed by atoms with E-state index in [1.807, 2.05) is 30.1 Å². The molecule has 5 heterocycles. The standard InChI is InChI=1S/C19H23N9S/c1-12-14(2-5-22-18(12)21)29-16-10-23-15(9-24-16)27-6-3-19(4-7-27)11-28-13(17(19)20)8-25-26-28/h2,5,8-10,17H,3-4,6-7,11,20H2,1H3,(H2,21,22)/t17-/m1/s1. The Morgan fingerprint density at radius 2 is 1.97 bits per heavy atom. The number of hydrogen-bond acceptors (Lipinski definition) is 9. The van der Waals surface area contributed by atoms with Crippen LogP contribution in [0.3, 0.4) is 0 Å². The number of rotatable bonds is 3. The summed E-state index contributed by atoms with van der Waals surface area (Å²) in [5.41, 5.74) is 14.5. The number of piperidine rings is 1. The second-order valence-corrected chi connectivity index (χ2v) is 8.84. The smallest absolute Gasteiger partial charge is 0.147 e. The summed E-state index contributed by atoms with van der Waals surface area (Å²) in [6.07, 6.45) is 9.20. The Labute approximate surface area is 172 Å². The Morgan fingerprint density at radius 3 is 2.69 bits per heavy atom. The number of anilines is 2. The van der Waals surface area contributed by atoms with Crippen molar-refractivity contribution < 1.29 is 0 Å². The molecule has 3 aromatic rings. The van der Waals surface area contributed by atoms with Crippen LogP contribution in [-0.2, 0) is 6.54 Å². The molecule has 2 aliphatic heterocycles. The summed E-state index contributed by atoms with van der Waals surface area (Å²) < 4.78 is 1.96. The molecule has 3 aromatic heterocycles. The monoisotopic (exact) mass is 409 g/mol. The molecule has 9 nitrogen and oxygen atoms in total. The predicted molar refractivity (Wildman–Crippen MR) is 110 cm³/mol. The Morgan fingerprint density at radius 1 is 1.14 bits per heavy atom. The third-order valence-electron chi connectivity index (χ3n) is 6.20. The minimum Gasteiger partial charge on any atom is -0.383 e. The first kappa shape index (κ1) is 18.3. The summed E-state index contributed by atoms with van der Waals surface area (Å²) in [5, 5.41) is 8.98. The molecule has 0 radical (unpaired) electrons. The molecular weight excluding hydrogens is 386 g/mol. The summed E-state index contributed by atoms with van der Waals surface area (Å²) in [5.74, 6) is 1.45. The number of fused-ring (bicyclic) bond motifs is 1. The maximum atomic E-state index is 6.54. The van der Waals surface area contributed by atoms with Crippen LogP contribution in [0.4, 0.5) is 11.6 Å². The molecule has 5 rings (SSSR count). The zero-order chi connectivity index (χ0) is 20.0. The number of hydrogen-bond donors (Lipinski definition) is 2. The highest BCUT2D eigenvalue weighted by Crippen LogP contribution is 2.47. The van der Waals surface area contributed by atoms with Crippen molar-refractivity contribution in [3.8, 4) is 0 Å². The first-order chi connectivity index (χ1) is 14.1. The minimum atomic E-state index is 0.000508. The van der Waals surface area contributed by atoms with E-state index in [-0.39, 0.29) is 11.5 Å². The highest BCUT2D eigenvalue weighted by molar-refractivity contribution is 7.99. The Balaban J connectivity index is 1.25. The normalized spacial score (nSPS) is 20.2. The fourth-order valence-corrected chi connectivity index (χ4v) is 5.09. The lowest BCUT2D eigenvalue weighted by Crippen LogP contribution is -2.45. The van der Waals surface area contributed by atoms with Gasteiger partial charge >= 0.3 is 0 Å². The molecule has 0 aliphatic carbocycles. The summed E-state index contributed by atoms with van der Waals surface area (Å²) >= 11 is 1.55. The average Bonchev–Trinajstić information content (AvgIpc) is 3.28. The summed E-state index contributed by atoms with van der Waals surface area (Å²) in [4.78, 5) is 16.7. The van der Waals surface area contributed by atoms with Gasteiger partial charge in [0.05, 0.1) is 36.9 Å². The van der Waals surface area contributed by atoms with Gasteiger partial charge in [0.15, 0.2) is 0 Å². The van der Waals surface area contributed by atoms with E-state index in [1.165, 1.54) is 0 Å². The lowest BCUT2D eigenvalue weighted by molar-refractivity contribution is 0.169. The molecule has 0 saturated carbocycles. The van der Waals surface area contributed by atoms with Crippen molar-refractivity contribution in [3.63, 3.8) is 0 Å². The van der Waals surface area contributed by atoms with Crippen LogP contribution in [0.15, 0.2) is 40.8 Å². The number of pyridine rings is 1. The van der Waals surface area contributed by atoms with Gasteiger partial charge in [0.2, 0.25) is 0 Å². The Hall–Kier alpha value is -2.72. The third kappa shape index (κ3) is 3.12. The highest BCUT2D eigenvalue weighted by atomic mass is 32.2. The van der Waals surface area contributed by atoms with Crippen LogP contribution in [-0.4, -0.2) is 43.0 Å². The average molecular weight is 410 g/mol. The Kier molecular flexibility index (Phi) is 4.39. The quantitative estimate of drug-likeness (QED) is 0.666. The maximum absolute atomic E-state index is 6.54. The summed E-state index contributed by atoms with van der Waals surface area (Å²) in [6, 6.07) is 1.95. The zero-order valence-corrected chi connectivity index (χ0v) is 17.0. The van der Waals surface area contributed by atoms with E-state index in [2.05, 4.69) is 30.2 Å². The molecule has 4 N–H and O–H groups in total. The van der Waals surface area contributed by atoms with Gasteiger partial charge in [0.1, 0.15) is 16.7 Å². The zero-order valence-electron chi connectivity index (χ0n) is 16.2. The fourth-order valence-electron chi connectivity index (χ4n) is 4.27. The molecule has 29 heavy (non-hydrogen) atoms. The van der Waals surface area contributed by atoms with Crippen LogP contribution in [0, 0.1) is 12.3 Å². The van der Waals surface area contributed by atoms with Gasteiger partial charge in [-0.25, -0.2) is 19.6 Å². The van der Waals surface area contributed by atoms with Crippen LogP contribution in [0.5, 0.6) is 0 Å². The lowest BCUT2D eigenvalue weighted by Gasteiger charge is -2.41. The largest absolute Gasteiger partial charge is 0.383 e. The van der Waals surface area contributed by atoms with E-state index in [1.54, 1.807) is 24.2 Å². The van der Waals surface area contributed by atoms with Crippen molar-refractivity contribution in [2.75, 3.05) is 23.7 Å². The highest BCUT2D eigenvalue weighted by Gasteiger charge is 2.47. The second-order valence-electron chi connectivity index (χ2n) is 7.78. The molecule has 150 valence electrons. The van der Waals surface area contributed by atoms with Gasteiger partial charge in [-0.05, 0) is 25.8 Å². The molecule has 0 bridgehead atoms. The van der Waals surface area contributed by atoms with Gasteiger partial charge in [-0.1, -0.05) is 17.0 Å². The van der Waals surface area contributed by atoms with Crippen molar-refractivity contribution in [2.45, 2.75) is 42.3 Å². The minimum absolute atomic E-state index is 0.000508. The third-order valence-corrected chi connectivity index (χ3v) is 7.28. The van der Waals surface area contributed by atoms with E-state index >= 15 is 0 Å². The number of nitrogens with zero attached hydrogens (tertiary/aromatic N) is 7. The van der Waals surface area contributed by atoms with E-state index in [9.17, 15) is 0 Å². The van der Waals surface area contributed by atoms with E-state index in [4.69, 9.17) is 11.5 Å². The van der Waals surface area contributed by atoms with Crippen molar-refractivity contribution in [2.24, 2.45) is 11.1 Å². The van der Waals surface area contributed by atoms with Crippen LogP contribution in [0.2, 0.25) is 0 Å². The number of nitrogen functional groups attached to an aromatic ring is 1. The van der Waals surface area contributed by atoms with Crippen molar-refractivity contribution in [3.05, 3.63) is 42.1 Å². The van der Waals surface area contributed by atoms with E-state index in [0.717, 1.165) is 59.5 Å².